The van der Waals surface area contributed by atoms with Gasteiger partial charge in [-0.15, -0.1) is 0 Å². The average molecular weight is 278 g/mol. The molecule has 4 nitrogen and oxygen atoms in total. The van der Waals surface area contributed by atoms with Crippen LogP contribution in [0.3, 0.4) is 0 Å². The number of anilines is 1. The van der Waals surface area contributed by atoms with E-state index < -0.39 is 6.04 Å². The van der Waals surface area contributed by atoms with Crippen molar-refractivity contribution in [1.29, 1.82) is 0 Å². The third kappa shape index (κ3) is 5.31. The van der Waals surface area contributed by atoms with Crippen LogP contribution >= 0.6 is 0 Å². The molecule has 0 saturated carbocycles. The fourth-order valence-corrected chi connectivity index (χ4v) is 1.62. The lowest BCUT2D eigenvalue weighted by Gasteiger charge is -2.25. The second kappa shape index (κ2) is 6.86. The van der Waals surface area contributed by atoms with E-state index in [0.717, 1.165) is 11.3 Å². The maximum atomic E-state index is 12.1. The molecule has 0 saturated heterocycles. The van der Waals surface area contributed by atoms with Crippen LogP contribution in [0, 0.1) is 5.41 Å². The summed E-state index contributed by atoms with van der Waals surface area (Å²) >= 11 is 0. The molecular formula is C16H26N2O2. The highest BCUT2D eigenvalue weighted by molar-refractivity contribution is 5.95. The molecule has 0 bridgehead atoms. The molecule has 1 amide bonds. The van der Waals surface area contributed by atoms with Crippen molar-refractivity contribution in [2.75, 3.05) is 5.32 Å². The molecule has 1 atom stereocenters. The molecule has 1 aromatic rings. The van der Waals surface area contributed by atoms with Crippen molar-refractivity contribution in [3.8, 4) is 0 Å². The highest BCUT2D eigenvalue weighted by Gasteiger charge is 2.27. The van der Waals surface area contributed by atoms with Crippen molar-refractivity contribution < 1.29 is 9.53 Å². The van der Waals surface area contributed by atoms with Crippen molar-refractivity contribution in [3.63, 3.8) is 0 Å². The predicted molar refractivity (Wildman–Crippen MR) is 82.4 cm³/mol. The zero-order chi connectivity index (χ0) is 15.3. The maximum absolute atomic E-state index is 12.1. The Morgan fingerprint density at radius 3 is 2.55 bits per heavy atom. The van der Waals surface area contributed by atoms with Gasteiger partial charge in [0.15, 0.2) is 0 Å². The zero-order valence-electron chi connectivity index (χ0n) is 13.1. The summed E-state index contributed by atoms with van der Waals surface area (Å²) in [6, 6.07) is 7.10. The van der Waals surface area contributed by atoms with Crippen LogP contribution in [0.25, 0.3) is 0 Å². The number of carbonyl (C=O) groups is 1. The number of ether oxygens (including phenoxy) is 1. The lowest BCUT2D eigenvalue weighted by molar-refractivity contribution is -0.119. The summed E-state index contributed by atoms with van der Waals surface area (Å²) in [5, 5.41) is 2.86. The van der Waals surface area contributed by atoms with Crippen molar-refractivity contribution in [2.24, 2.45) is 11.1 Å². The molecule has 0 fully saturated rings. The van der Waals surface area contributed by atoms with Crippen molar-refractivity contribution in [3.05, 3.63) is 29.8 Å². The molecule has 0 aliphatic carbocycles. The van der Waals surface area contributed by atoms with Crippen LogP contribution in [-0.4, -0.2) is 18.1 Å². The molecule has 3 N–H and O–H groups in total. The van der Waals surface area contributed by atoms with E-state index in [1.54, 1.807) is 0 Å². The highest BCUT2D eigenvalue weighted by atomic mass is 16.5. The van der Waals surface area contributed by atoms with E-state index in [-0.39, 0.29) is 17.4 Å². The Bertz CT molecular complexity index is 450. The fraction of sp³-hybridized carbons (Fsp3) is 0.562. The topological polar surface area (TPSA) is 64.3 Å². The van der Waals surface area contributed by atoms with Crippen LogP contribution < -0.4 is 11.1 Å². The summed E-state index contributed by atoms with van der Waals surface area (Å²) in [5.41, 5.74) is 7.46. The van der Waals surface area contributed by atoms with Gasteiger partial charge in [-0.25, -0.2) is 0 Å². The number of carbonyl (C=O) groups excluding carboxylic acids is 1. The summed E-state index contributed by atoms with van der Waals surface area (Å²) in [6.07, 6.45) is 0.183. The van der Waals surface area contributed by atoms with E-state index in [9.17, 15) is 4.79 Å². The first kappa shape index (κ1) is 16.7. The molecule has 0 aliphatic rings. The Balaban J connectivity index is 2.69. The molecule has 0 aliphatic heterocycles. The van der Waals surface area contributed by atoms with Gasteiger partial charge >= 0.3 is 0 Å². The zero-order valence-corrected chi connectivity index (χ0v) is 13.1. The van der Waals surface area contributed by atoms with E-state index >= 15 is 0 Å². The third-order valence-corrected chi connectivity index (χ3v) is 2.99. The van der Waals surface area contributed by atoms with Gasteiger partial charge in [0.25, 0.3) is 0 Å². The van der Waals surface area contributed by atoms with Crippen LogP contribution in [0.2, 0.25) is 0 Å². The monoisotopic (exact) mass is 278 g/mol. The standard InChI is InChI=1S/C16H26N2O2/c1-11(2)20-10-12-7-6-8-13(9-12)18-15(19)14(17)16(3,4)5/h6-9,11,14H,10,17H2,1-5H3,(H,18,19)/t14-/m1/s1. The molecule has 0 aromatic heterocycles. The Kier molecular flexibility index (Phi) is 5.72. The number of nitrogens with two attached hydrogens (primary N) is 1. The van der Waals surface area contributed by atoms with Crippen LogP contribution in [0.15, 0.2) is 24.3 Å². The lowest BCUT2D eigenvalue weighted by atomic mass is 9.87. The number of hydrogen-bond donors (Lipinski definition) is 2. The molecular weight excluding hydrogens is 252 g/mol. The normalized spacial score (nSPS) is 13.3. The van der Waals surface area contributed by atoms with Gasteiger partial charge in [-0.1, -0.05) is 32.9 Å². The quantitative estimate of drug-likeness (QED) is 0.870. The smallest absolute Gasteiger partial charge is 0.241 e. The van der Waals surface area contributed by atoms with E-state index in [4.69, 9.17) is 10.5 Å². The first-order valence-electron chi connectivity index (χ1n) is 6.97. The Labute approximate surface area is 121 Å². The summed E-state index contributed by atoms with van der Waals surface area (Å²) < 4.78 is 5.55. The average Bonchev–Trinajstić information content (AvgIpc) is 2.34. The fourth-order valence-electron chi connectivity index (χ4n) is 1.62. The summed E-state index contributed by atoms with van der Waals surface area (Å²) in [5.74, 6) is -0.167. The predicted octanol–water partition coefficient (Wildman–Crippen LogP) is 2.92. The maximum Gasteiger partial charge on any atom is 0.241 e. The minimum Gasteiger partial charge on any atom is -0.374 e. The van der Waals surface area contributed by atoms with Gasteiger partial charge in [0.1, 0.15) is 0 Å². The molecule has 112 valence electrons. The SMILES string of the molecule is CC(C)OCc1cccc(NC(=O)[C@@H](N)C(C)(C)C)c1. The molecule has 1 aromatic carbocycles. The van der Waals surface area contributed by atoms with Crippen molar-refractivity contribution >= 4 is 11.6 Å². The van der Waals surface area contributed by atoms with Gasteiger partial charge in [-0.3, -0.25) is 4.79 Å². The lowest BCUT2D eigenvalue weighted by Crippen LogP contribution is -2.45. The molecule has 1 rings (SSSR count). The van der Waals surface area contributed by atoms with Gasteiger partial charge in [0.2, 0.25) is 5.91 Å². The van der Waals surface area contributed by atoms with Gasteiger partial charge in [0, 0.05) is 5.69 Å². The van der Waals surface area contributed by atoms with Crippen LogP contribution in [0.4, 0.5) is 5.69 Å². The Morgan fingerprint density at radius 1 is 1.35 bits per heavy atom. The molecule has 0 heterocycles. The molecule has 0 unspecified atom stereocenters. The second-order valence-corrected chi connectivity index (χ2v) is 6.39. The number of hydrogen-bond acceptors (Lipinski definition) is 3. The number of amides is 1. The number of benzene rings is 1. The van der Waals surface area contributed by atoms with Crippen molar-refractivity contribution in [1.82, 2.24) is 0 Å². The summed E-state index contributed by atoms with van der Waals surface area (Å²) in [4.78, 5) is 12.1. The Morgan fingerprint density at radius 2 is 2.00 bits per heavy atom. The van der Waals surface area contributed by atoms with Gasteiger partial charge < -0.3 is 15.8 Å². The van der Waals surface area contributed by atoms with E-state index in [2.05, 4.69) is 5.32 Å². The number of nitrogens with one attached hydrogen (secondary N) is 1. The van der Waals surface area contributed by atoms with Gasteiger partial charge in [-0.05, 0) is 37.0 Å². The minimum absolute atomic E-state index is 0.167. The second-order valence-electron chi connectivity index (χ2n) is 6.39. The van der Waals surface area contributed by atoms with Crippen LogP contribution in [0.5, 0.6) is 0 Å². The summed E-state index contributed by atoms with van der Waals surface area (Å²) in [7, 11) is 0. The minimum atomic E-state index is -0.543. The molecule has 20 heavy (non-hydrogen) atoms. The summed E-state index contributed by atoms with van der Waals surface area (Å²) in [6.45, 7) is 10.4. The number of rotatable bonds is 5. The Hall–Kier alpha value is -1.39. The van der Waals surface area contributed by atoms with Crippen LogP contribution in [-0.2, 0) is 16.1 Å². The van der Waals surface area contributed by atoms with E-state index in [0.29, 0.717) is 6.61 Å². The molecule has 0 spiro atoms. The first-order valence-corrected chi connectivity index (χ1v) is 6.97. The molecule has 0 radical (unpaired) electrons. The molecule has 4 heteroatoms. The van der Waals surface area contributed by atoms with E-state index in [1.807, 2.05) is 58.9 Å². The van der Waals surface area contributed by atoms with Crippen molar-refractivity contribution in [2.45, 2.75) is 53.4 Å². The largest absolute Gasteiger partial charge is 0.374 e. The highest BCUT2D eigenvalue weighted by Crippen LogP contribution is 2.19. The van der Waals surface area contributed by atoms with Gasteiger partial charge in [-0.2, -0.15) is 0 Å². The van der Waals surface area contributed by atoms with E-state index in [1.165, 1.54) is 0 Å². The van der Waals surface area contributed by atoms with Gasteiger partial charge in [0.05, 0.1) is 18.8 Å². The van der Waals surface area contributed by atoms with Crippen LogP contribution in [0.1, 0.15) is 40.2 Å². The third-order valence-electron chi connectivity index (χ3n) is 2.99. The first-order chi connectivity index (χ1) is 9.20.